The van der Waals surface area contributed by atoms with Crippen LogP contribution in [0, 0.1) is 13.8 Å². The van der Waals surface area contributed by atoms with Crippen LogP contribution in [-0.2, 0) is 12.8 Å². The van der Waals surface area contributed by atoms with Crippen molar-refractivity contribution in [3.8, 4) is 11.4 Å². The molecule has 3 aromatic rings. The Morgan fingerprint density at radius 3 is 1.68 bits per heavy atom. The largest absolute Gasteiger partial charge is 0.236 e. The minimum Gasteiger partial charge on any atom is -0.236 e. The Kier molecular flexibility index (Phi) is 4.29. The summed E-state index contributed by atoms with van der Waals surface area (Å²) in [5.41, 5.74) is 6.19. The highest BCUT2D eigenvalue weighted by Gasteiger charge is 2.01. The molecule has 22 heavy (non-hydrogen) atoms. The van der Waals surface area contributed by atoms with Gasteiger partial charge < -0.3 is 0 Å². The highest BCUT2D eigenvalue weighted by Crippen LogP contribution is 2.16. The Balaban J connectivity index is 1.66. The molecule has 0 fully saturated rings. The highest BCUT2D eigenvalue weighted by molar-refractivity contribution is 5.55. The van der Waals surface area contributed by atoms with E-state index in [0.29, 0.717) is 0 Å². The second kappa shape index (κ2) is 6.52. The maximum atomic E-state index is 4.37. The quantitative estimate of drug-likeness (QED) is 0.704. The number of aryl methyl sites for hydroxylation is 4. The zero-order valence-electron chi connectivity index (χ0n) is 13.1. The van der Waals surface area contributed by atoms with Crippen molar-refractivity contribution in [3.05, 3.63) is 83.2 Å². The average Bonchev–Trinajstić information content (AvgIpc) is 2.56. The van der Waals surface area contributed by atoms with Gasteiger partial charge in [0.2, 0.25) is 0 Å². The van der Waals surface area contributed by atoms with E-state index in [2.05, 4.69) is 65.4 Å². The van der Waals surface area contributed by atoms with E-state index >= 15 is 0 Å². The molecule has 0 saturated carbocycles. The topological polar surface area (TPSA) is 25.8 Å². The zero-order valence-corrected chi connectivity index (χ0v) is 13.1. The molecule has 2 aromatic carbocycles. The van der Waals surface area contributed by atoms with Gasteiger partial charge in [0.05, 0.1) is 0 Å². The van der Waals surface area contributed by atoms with E-state index < -0.39 is 0 Å². The maximum Gasteiger partial charge on any atom is 0.159 e. The molecule has 3 rings (SSSR count). The van der Waals surface area contributed by atoms with Gasteiger partial charge in [-0.2, -0.15) is 0 Å². The number of hydrogen-bond acceptors (Lipinski definition) is 2. The molecule has 0 spiro atoms. The van der Waals surface area contributed by atoms with Crippen molar-refractivity contribution in [2.45, 2.75) is 26.7 Å². The summed E-state index contributed by atoms with van der Waals surface area (Å²) in [5, 5.41) is 0. The van der Waals surface area contributed by atoms with Crippen molar-refractivity contribution in [3.63, 3.8) is 0 Å². The molecule has 0 aliphatic carbocycles. The predicted molar refractivity (Wildman–Crippen MR) is 90.8 cm³/mol. The molecule has 1 heterocycles. The fraction of sp³-hybridized carbons (Fsp3) is 0.200. The lowest BCUT2D eigenvalue weighted by Crippen LogP contribution is -1.93. The van der Waals surface area contributed by atoms with Gasteiger partial charge in [-0.25, -0.2) is 9.97 Å². The summed E-state index contributed by atoms with van der Waals surface area (Å²) in [4.78, 5) is 8.74. The number of hydrogen-bond donors (Lipinski definition) is 0. The van der Waals surface area contributed by atoms with Crippen molar-refractivity contribution in [2.24, 2.45) is 0 Å². The Labute approximate surface area is 131 Å². The highest BCUT2D eigenvalue weighted by atomic mass is 14.9. The maximum absolute atomic E-state index is 4.37. The third-order valence-electron chi connectivity index (χ3n) is 3.82. The van der Waals surface area contributed by atoms with Crippen molar-refractivity contribution < 1.29 is 0 Å². The third kappa shape index (κ3) is 3.59. The first-order valence-electron chi connectivity index (χ1n) is 7.64. The summed E-state index contributed by atoms with van der Waals surface area (Å²) in [7, 11) is 0. The fourth-order valence-electron chi connectivity index (χ4n) is 2.41. The molecular formula is C20H20N2. The van der Waals surface area contributed by atoms with Crippen molar-refractivity contribution in [1.82, 2.24) is 9.97 Å². The molecule has 0 bridgehead atoms. The van der Waals surface area contributed by atoms with Crippen LogP contribution < -0.4 is 0 Å². The minimum atomic E-state index is 0.788. The van der Waals surface area contributed by atoms with Crippen LogP contribution in [0.5, 0.6) is 0 Å². The monoisotopic (exact) mass is 288 g/mol. The second-order valence-electron chi connectivity index (χ2n) is 5.77. The number of benzene rings is 2. The SMILES string of the molecule is Cc1ccc(CCc2ccc(-c3ncc(C)cn3)cc2)cc1. The van der Waals surface area contributed by atoms with E-state index in [1.54, 1.807) is 0 Å². The van der Waals surface area contributed by atoms with Crippen LogP contribution in [0.15, 0.2) is 60.9 Å². The smallest absolute Gasteiger partial charge is 0.159 e. The van der Waals surface area contributed by atoms with E-state index in [0.717, 1.165) is 29.8 Å². The van der Waals surface area contributed by atoms with E-state index in [9.17, 15) is 0 Å². The number of rotatable bonds is 4. The summed E-state index contributed by atoms with van der Waals surface area (Å²) >= 11 is 0. The Morgan fingerprint density at radius 2 is 1.14 bits per heavy atom. The van der Waals surface area contributed by atoms with Crippen LogP contribution >= 0.6 is 0 Å². The molecule has 0 unspecified atom stereocenters. The molecule has 0 amide bonds. The predicted octanol–water partition coefficient (Wildman–Crippen LogP) is 4.55. The summed E-state index contributed by atoms with van der Waals surface area (Å²) in [5.74, 6) is 0.788. The van der Waals surface area contributed by atoms with Crippen LogP contribution in [0.1, 0.15) is 22.3 Å². The fourth-order valence-corrected chi connectivity index (χ4v) is 2.41. The van der Waals surface area contributed by atoms with Crippen LogP contribution in [0.25, 0.3) is 11.4 Å². The first kappa shape index (κ1) is 14.5. The molecule has 2 nitrogen and oxygen atoms in total. The van der Waals surface area contributed by atoms with Crippen molar-refractivity contribution in [1.29, 1.82) is 0 Å². The molecule has 0 atom stereocenters. The molecule has 0 saturated heterocycles. The standard InChI is InChI=1S/C20H20N2/c1-15-3-5-17(6-4-15)7-8-18-9-11-19(12-10-18)20-21-13-16(2)14-22-20/h3-6,9-14H,7-8H2,1-2H3. The zero-order chi connectivity index (χ0) is 15.4. The lowest BCUT2D eigenvalue weighted by Gasteiger charge is -2.05. The summed E-state index contributed by atoms with van der Waals surface area (Å²) < 4.78 is 0. The average molecular weight is 288 g/mol. The van der Waals surface area contributed by atoms with E-state index in [-0.39, 0.29) is 0 Å². The van der Waals surface area contributed by atoms with E-state index in [4.69, 9.17) is 0 Å². The van der Waals surface area contributed by atoms with Gasteiger partial charge in [-0.05, 0) is 43.4 Å². The first-order valence-corrected chi connectivity index (χ1v) is 7.64. The van der Waals surface area contributed by atoms with E-state index in [1.807, 2.05) is 19.3 Å². The number of nitrogens with zero attached hydrogens (tertiary/aromatic N) is 2. The molecule has 1 aromatic heterocycles. The van der Waals surface area contributed by atoms with Crippen LogP contribution in [0.2, 0.25) is 0 Å². The second-order valence-corrected chi connectivity index (χ2v) is 5.77. The van der Waals surface area contributed by atoms with Gasteiger partial charge in [0.1, 0.15) is 0 Å². The van der Waals surface area contributed by atoms with Gasteiger partial charge in [-0.1, -0.05) is 54.1 Å². The van der Waals surface area contributed by atoms with Crippen LogP contribution in [0.3, 0.4) is 0 Å². The molecule has 0 aliphatic heterocycles. The normalized spacial score (nSPS) is 10.6. The molecule has 0 aliphatic rings. The number of aromatic nitrogens is 2. The Bertz CT molecular complexity index is 726. The van der Waals surface area contributed by atoms with Gasteiger partial charge in [0, 0.05) is 18.0 Å². The van der Waals surface area contributed by atoms with Gasteiger partial charge in [0.25, 0.3) is 0 Å². The van der Waals surface area contributed by atoms with Crippen LogP contribution in [0.4, 0.5) is 0 Å². The van der Waals surface area contributed by atoms with Gasteiger partial charge in [-0.15, -0.1) is 0 Å². The third-order valence-corrected chi connectivity index (χ3v) is 3.82. The summed E-state index contributed by atoms with van der Waals surface area (Å²) in [6.45, 7) is 4.12. The molecule has 0 radical (unpaired) electrons. The van der Waals surface area contributed by atoms with Crippen molar-refractivity contribution >= 4 is 0 Å². The lowest BCUT2D eigenvalue weighted by molar-refractivity contribution is 0.959. The van der Waals surface area contributed by atoms with Gasteiger partial charge in [-0.3, -0.25) is 0 Å². The summed E-state index contributed by atoms with van der Waals surface area (Å²) in [6, 6.07) is 17.3. The molecule has 0 N–H and O–H groups in total. The lowest BCUT2D eigenvalue weighted by atomic mass is 10.0. The Morgan fingerprint density at radius 1 is 0.636 bits per heavy atom. The first-order chi connectivity index (χ1) is 10.7. The Hall–Kier alpha value is -2.48. The molecule has 110 valence electrons. The van der Waals surface area contributed by atoms with Gasteiger partial charge in [0.15, 0.2) is 5.82 Å². The van der Waals surface area contributed by atoms with Crippen LogP contribution in [-0.4, -0.2) is 9.97 Å². The molecular weight excluding hydrogens is 268 g/mol. The minimum absolute atomic E-state index is 0.788. The van der Waals surface area contributed by atoms with Gasteiger partial charge >= 0.3 is 0 Å². The molecule has 2 heteroatoms. The summed E-state index contributed by atoms with van der Waals surface area (Å²) in [6.07, 6.45) is 5.83. The van der Waals surface area contributed by atoms with E-state index in [1.165, 1.54) is 16.7 Å². The van der Waals surface area contributed by atoms with Crippen molar-refractivity contribution in [2.75, 3.05) is 0 Å².